The van der Waals surface area contributed by atoms with Crippen molar-refractivity contribution < 1.29 is 23.8 Å². The van der Waals surface area contributed by atoms with Gasteiger partial charge in [0.15, 0.2) is 0 Å². The van der Waals surface area contributed by atoms with Crippen molar-refractivity contribution in [3.8, 4) is 0 Å². The first-order valence-corrected chi connectivity index (χ1v) is 11.2. The summed E-state index contributed by atoms with van der Waals surface area (Å²) in [5.41, 5.74) is 1.80. The number of benzene rings is 2. The number of carbonyl (C=O) groups excluding carboxylic acids is 1. The molecular weight excluding hydrogens is 458 g/mol. The topological polar surface area (TPSA) is 78.9 Å². The third-order valence-electron chi connectivity index (χ3n) is 6.30. The number of alkyl halides is 1. The number of nitrogens with zero attached hydrogens (tertiary/aromatic N) is 1. The molecule has 0 saturated carbocycles. The molecule has 2 aromatic carbocycles. The fourth-order valence-electron chi connectivity index (χ4n) is 4.51. The van der Waals surface area contributed by atoms with Crippen molar-refractivity contribution in [3.05, 3.63) is 63.1 Å². The summed E-state index contributed by atoms with van der Waals surface area (Å²) in [6, 6.07) is 10.0. The molecule has 32 heavy (non-hydrogen) atoms. The first-order chi connectivity index (χ1) is 15.3. The van der Waals surface area contributed by atoms with E-state index in [-0.39, 0.29) is 0 Å². The monoisotopic (exact) mass is 480 g/mol. The number of halogens is 3. The number of nitrogens with one attached hydrogen (secondary N) is 1. The van der Waals surface area contributed by atoms with E-state index in [1.165, 1.54) is 0 Å². The Labute approximate surface area is 195 Å². The van der Waals surface area contributed by atoms with Crippen molar-refractivity contribution in [1.29, 1.82) is 0 Å². The maximum atomic E-state index is 13.2. The van der Waals surface area contributed by atoms with Gasteiger partial charge in [-0.15, -0.1) is 0 Å². The van der Waals surface area contributed by atoms with Gasteiger partial charge in [0.1, 0.15) is 12.3 Å². The molecule has 0 bridgehead atoms. The molecule has 6 nitrogen and oxygen atoms in total. The van der Waals surface area contributed by atoms with Gasteiger partial charge in [-0.1, -0.05) is 35.3 Å². The quantitative estimate of drug-likeness (QED) is 0.564. The lowest BCUT2D eigenvalue weighted by Crippen LogP contribution is -2.48. The predicted octanol–water partition coefficient (Wildman–Crippen LogP) is 5.57. The number of anilines is 1. The van der Waals surface area contributed by atoms with E-state index in [4.69, 9.17) is 27.9 Å². The summed E-state index contributed by atoms with van der Waals surface area (Å²) in [7, 11) is 0. The van der Waals surface area contributed by atoms with Crippen LogP contribution >= 0.6 is 23.2 Å². The minimum atomic E-state index is -0.920. The minimum absolute atomic E-state index is 0.328. The summed E-state index contributed by atoms with van der Waals surface area (Å²) in [5, 5.41) is 13.1. The Morgan fingerprint density at radius 3 is 2.59 bits per heavy atom. The zero-order valence-corrected chi connectivity index (χ0v) is 18.8. The third-order valence-corrected chi connectivity index (χ3v) is 7.03. The highest BCUT2D eigenvalue weighted by Gasteiger charge is 2.44. The zero-order valence-electron chi connectivity index (χ0n) is 17.2. The summed E-state index contributed by atoms with van der Waals surface area (Å²) < 4.78 is 18.9. The molecule has 170 valence electrons. The van der Waals surface area contributed by atoms with Gasteiger partial charge in [-0.3, -0.25) is 10.1 Å². The van der Waals surface area contributed by atoms with E-state index in [2.05, 4.69) is 10.2 Å². The molecule has 9 heteroatoms. The van der Waals surface area contributed by atoms with Gasteiger partial charge in [0.2, 0.25) is 0 Å². The van der Waals surface area contributed by atoms with Gasteiger partial charge >= 0.3 is 12.1 Å². The van der Waals surface area contributed by atoms with Crippen LogP contribution in [-0.2, 0) is 21.8 Å². The Balaban J connectivity index is 1.44. The number of amides is 1. The van der Waals surface area contributed by atoms with Crippen LogP contribution in [0.4, 0.5) is 14.9 Å². The number of aliphatic carboxylic acids is 1. The van der Waals surface area contributed by atoms with Crippen molar-refractivity contribution in [2.45, 2.75) is 37.5 Å². The van der Waals surface area contributed by atoms with E-state index in [1.54, 1.807) is 36.4 Å². The molecule has 1 unspecified atom stereocenters. The molecule has 1 spiro atoms. The number of likely N-dealkylation sites (tertiary alicyclic amines) is 1. The Morgan fingerprint density at radius 1 is 1.19 bits per heavy atom. The maximum Gasteiger partial charge on any atom is 0.412 e. The molecule has 1 atom stereocenters. The highest BCUT2D eigenvalue weighted by molar-refractivity contribution is 6.42. The van der Waals surface area contributed by atoms with Gasteiger partial charge in [0.05, 0.1) is 21.7 Å². The molecule has 0 radical (unpaired) electrons. The first kappa shape index (κ1) is 22.8. The second kappa shape index (κ2) is 9.25. The number of carboxylic acids is 1. The van der Waals surface area contributed by atoms with Crippen molar-refractivity contribution in [3.63, 3.8) is 0 Å². The Kier molecular flexibility index (Phi) is 6.60. The average molecular weight is 481 g/mol. The van der Waals surface area contributed by atoms with Gasteiger partial charge < -0.3 is 14.7 Å². The van der Waals surface area contributed by atoms with E-state index >= 15 is 0 Å². The molecule has 2 aromatic rings. The fourth-order valence-corrected chi connectivity index (χ4v) is 4.82. The molecule has 0 aromatic heterocycles. The van der Waals surface area contributed by atoms with Crippen LogP contribution in [0, 0.1) is 0 Å². The molecular formula is C23H23Cl2FN2O4. The number of rotatable bonds is 6. The molecule has 1 fully saturated rings. The Morgan fingerprint density at radius 2 is 1.94 bits per heavy atom. The van der Waals surface area contributed by atoms with Gasteiger partial charge in [0.25, 0.3) is 0 Å². The van der Waals surface area contributed by atoms with Crippen molar-refractivity contribution in [1.82, 2.24) is 4.90 Å². The second-order valence-corrected chi connectivity index (χ2v) is 9.03. The molecule has 1 amide bonds. The minimum Gasteiger partial charge on any atom is -0.481 e. The van der Waals surface area contributed by atoms with Gasteiger partial charge in [-0.25, -0.2) is 9.18 Å². The van der Waals surface area contributed by atoms with Crippen molar-refractivity contribution >= 4 is 41.0 Å². The van der Waals surface area contributed by atoms with Crippen LogP contribution in [0.5, 0.6) is 0 Å². The molecule has 2 aliphatic heterocycles. The van der Waals surface area contributed by atoms with Gasteiger partial charge in [-0.2, -0.15) is 0 Å². The Hall–Kier alpha value is -2.35. The summed E-state index contributed by atoms with van der Waals surface area (Å²) in [6.07, 6.45) is 0.996. The summed E-state index contributed by atoms with van der Waals surface area (Å²) >= 11 is 12.0. The van der Waals surface area contributed by atoms with Crippen LogP contribution < -0.4 is 5.32 Å². The number of fused-ring (bicyclic) bond motifs is 2. The summed E-state index contributed by atoms with van der Waals surface area (Å²) in [4.78, 5) is 26.1. The Bertz CT molecular complexity index is 1040. The van der Waals surface area contributed by atoms with Crippen LogP contribution in [0.15, 0.2) is 36.4 Å². The maximum absolute atomic E-state index is 13.2. The van der Waals surface area contributed by atoms with Crippen LogP contribution in [-0.4, -0.2) is 41.7 Å². The van der Waals surface area contributed by atoms with E-state index in [1.807, 2.05) is 0 Å². The van der Waals surface area contributed by atoms with E-state index in [9.17, 15) is 19.1 Å². The smallest absolute Gasteiger partial charge is 0.412 e. The van der Waals surface area contributed by atoms with Crippen molar-refractivity contribution in [2.75, 3.05) is 25.0 Å². The van der Waals surface area contributed by atoms with Gasteiger partial charge in [0, 0.05) is 31.5 Å². The van der Waals surface area contributed by atoms with Crippen LogP contribution in [0.3, 0.4) is 0 Å². The number of ether oxygens (including phenoxy) is 1. The molecule has 2 N–H and O–H groups in total. The summed E-state index contributed by atoms with van der Waals surface area (Å²) in [6.45, 7) is 1.23. The lowest BCUT2D eigenvalue weighted by Gasteiger charge is -2.44. The van der Waals surface area contributed by atoms with Crippen LogP contribution in [0.1, 0.15) is 41.9 Å². The number of piperidine rings is 1. The fraction of sp³-hybridized carbons (Fsp3) is 0.391. The number of carboxylic acid groups (broad SMARTS) is 1. The average Bonchev–Trinajstić information content (AvgIpc) is 2.77. The molecule has 2 heterocycles. The third kappa shape index (κ3) is 4.56. The molecule has 0 aliphatic carbocycles. The highest BCUT2D eigenvalue weighted by atomic mass is 35.5. The zero-order chi connectivity index (χ0) is 22.9. The lowest BCUT2D eigenvalue weighted by molar-refractivity contribution is -0.139. The lowest BCUT2D eigenvalue weighted by atomic mass is 9.81. The SMILES string of the molecule is O=C1Nc2ccc(CF)cc2C2(CCN(CCC(C(=O)O)c3ccc(Cl)c(Cl)c3)CC2)O1. The normalized spacial score (nSPS) is 18.5. The predicted molar refractivity (Wildman–Crippen MR) is 120 cm³/mol. The van der Waals surface area contributed by atoms with E-state index in [0.29, 0.717) is 65.8 Å². The van der Waals surface area contributed by atoms with Crippen molar-refractivity contribution in [2.24, 2.45) is 0 Å². The first-order valence-electron chi connectivity index (χ1n) is 10.4. The molecule has 1 saturated heterocycles. The van der Waals surface area contributed by atoms with Gasteiger partial charge in [-0.05, 0) is 48.4 Å². The van der Waals surface area contributed by atoms with E-state index < -0.39 is 30.3 Å². The highest BCUT2D eigenvalue weighted by Crippen LogP contribution is 2.44. The largest absolute Gasteiger partial charge is 0.481 e. The van der Waals surface area contributed by atoms with Crippen LogP contribution in [0.25, 0.3) is 0 Å². The summed E-state index contributed by atoms with van der Waals surface area (Å²) in [5.74, 6) is -1.62. The van der Waals surface area contributed by atoms with E-state index in [0.717, 1.165) is 5.56 Å². The second-order valence-electron chi connectivity index (χ2n) is 8.22. The molecule has 2 aliphatic rings. The van der Waals surface area contributed by atoms with Crippen LogP contribution in [0.2, 0.25) is 10.0 Å². The molecule has 4 rings (SSSR count). The standard InChI is InChI=1S/C23H23Cl2FN2O4/c24-18-3-2-15(12-19(18)25)16(21(29)30)5-8-28-9-6-23(7-10-28)17-11-14(13-26)1-4-20(17)27-22(31)32-23/h1-4,11-12,16H,5-10,13H2,(H,27,31)(H,29,30). The number of hydrogen-bond donors (Lipinski definition) is 2. The number of hydrogen-bond acceptors (Lipinski definition) is 4. The number of carbonyl (C=O) groups is 2.